The van der Waals surface area contributed by atoms with Crippen LogP contribution in [0.3, 0.4) is 0 Å². The fourth-order valence-electron chi connectivity index (χ4n) is 6.93. The van der Waals surface area contributed by atoms with Gasteiger partial charge in [0.25, 0.3) is 0 Å². The summed E-state index contributed by atoms with van der Waals surface area (Å²) in [6.07, 6.45) is 0.372. The number of carbonyl (C=O) groups excluding carboxylic acids is 4. The number of aryl methyl sites for hydroxylation is 2. The number of nitrogens with one attached hydrogen (secondary N) is 1. The second-order valence-corrected chi connectivity index (χ2v) is 11.0. The van der Waals surface area contributed by atoms with Gasteiger partial charge in [-0.25, -0.2) is 0 Å². The van der Waals surface area contributed by atoms with Gasteiger partial charge in [0.1, 0.15) is 5.75 Å². The molecule has 5 N–H and O–H groups in total. The monoisotopic (exact) mass is 518 g/mol. The molecule has 6 atom stereocenters. The van der Waals surface area contributed by atoms with Gasteiger partial charge in [-0.2, -0.15) is 0 Å². The van der Waals surface area contributed by atoms with E-state index in [0.29, 0.717) is 5.56 Å². The number of aliphatic hydroxyl groups is 1. The molecule has 10 heteroatoms. The summed E-state index contributed by atoms with van der Waals surface area (Å²) in [6, 6.07) is 5.90. The quantitative estimate of drug-likeness (QED) is 0.435. The predicted molar refractivity (Wildman–Crippen MR) is 137 cm³/mol. The van der Waals surface area contributed by atoms with Crippen LogP contribution in [0, 0.1) is 42.9 Å². The third-order valence-corrected chi connectivity index (χ3v) is 8.40. The largest absolute Gasteiger partial charge is 0.507 e. The van der Waals surface area contributed by atoms with Crippen LogP contribution in [0.4, 0.5) is 0 Å². The normalized spacial score (nSPS) is 30.6. The standard InChI is InChI=1S/C28H30N4O6/c1-11-7-13(8-12(2)31-11)15-5-6-18(33)20-16(15)9-14-10-17-22(32(3)4)24(35)21(27(30)37)26(36)28(17,38)25(29)19(14)23(20)34/h5-8,14,17,19,21-22,29,33,38H,9-10H2,1-4H3,(H2,30,37)/t14-,17-,19?,21?,22-,28-/m0/s1. The number of phenolic OH excluding ortho intramolecular Hbond substituents is 1. The highest BCUT2D eigenvalue weighted by molar-refractivity contribution is 6.33. The summed E-state index contributed by atoms with van der Waals surface area (Å²) < 4.78 is 0. The molecule has 1 amide bonds. The number of nitrogens with two attached hydrogens (primary N) is 1. The first kappa shape index (κ1) is 25.9. The molecule has 3 aliphatic carbocycles. The minimum atomic E-state index is -2.51. The molecule has 1 aromatic carbocycles. The summed E-state index contributed by atoms with van der Waals surface area (Å²) in [4.78, 5) is 58.6. The van der Waals surface area contributed by atoms with Crippen LogP contribution in [-0.2, 0) is 20.8 Å². The van der Waals surface area contributed by atoms with Gasteiger partial charge in [-0.1, -0.05) is 6.07 Å². The number of rotatable bonds is 3. The second kappa shape index (κ2) is 8.64. The summed E-state index contributed by atoms with van der Waals surface area (Å²) >= 11 is 0. The Morgan fingerprint density at radius 3 is 2.37 bits per heavy atom. The zero-order chi connectivity index (χ0) is 27.8. The first-order valence-electron chi connectivity index (χ1n) is 12.5. The zero-order valence-corrected chi connectivity index (χ0v) is 21.6. The Hall–Kier alpha value is -3.76. The summed E-state index contributed by atoms with van der Waals surface area (Å²) in [7, 11) is 3.19. The number of Topliss-reactive ketones (excluding diaryl/α,β-unsaturated/α-hetero) is 3. The maximum atomic E-state index is 13.9. The van der Waals surface area contributed by atoms with Crippen LogP contribution >= 0.6 is 0 Å². The van der Waals surface area contributed by atoms with Crippen molar-refractivity contribution in [2.45, 2.75) is 38.3 Å². The van der Waals surface area contributed by atoms with Crippen molar-refractivity contribution in [3.8, 4) is 16.9 Å². The Kier molecular flexibility index (Phi) is 5.88. The maximum Gasteiger partial charge on any atom is 0.235 e. The Morgan fingerprint density at radius 2 is 1.79 bits per heavy atom. The van der Waals surface area contributed by atoms with Crippen molar-refractivity contribution in [2.75, 3.05) is 14.1 Å². The van der Waals surface area contributed by atoms with Crippen molar-refractivity contribution in [2.24, 2.45) is 29.4 Å². The summed E-state index contributed by atoms with van der Waals surface area (Å²) in [5, 5.41) is 31.5. The van der Waals surface area contributed by atoms with Crippen molar-refractivity contribution in [1.29, 1.82) is 5.41 Å². The van der Waals surface area contributed by atoms with Crippen LogP contribution in [-0.4, -0.2) is 74.8 Å². The van der Waals surface area contributed by atoms with Crippen LogP contribution < -0.4 is 5.73 Å². The molecule has 1 heterocycles. The number of nitrogens with zero attached hydrogens (tertiary/aromatic N) is 2. The molecule has 2 aromatic rings. The van der Waals surface area contributed by atoms with E-state index in [-0.39, 0.29) is 24.2 Å². The summed E-state index contributed by atoms with van der Waals surface area (Å²) in [5.74, 6) is -8.53. The molecule has 2 fully saturated rings. The van der Waals surface area contributed by atoms with E-state index in [1.165, 1.54) is 11.0 Å². The van der Waals surface area contributed by atoms with Gasteiger partial charge in [0.05, 0.1) is 23.2 Å². The lowest BCUT2D eigenvalue weighted by Gasteiger charge is -2.54. The SMILES string of the molecule is Cc1cc(-c2ccc(O)c3c2C[C@H]2C[C@H]4[C@H](N(C)C)C(=O)C(C(N)=O)C(=O)[C@@]4(O)C(=N)C2C3=O)cc(C)n1. The number of carbonyl (C=O) groups is 4. The van der Waals surface area contributed by atoms with Gasteiger partial charge >= 0.3 is 0 Å². The Morgan fingerprint density at radius 1 is 1.16 bits per heavy atom. The van der Waals surface area contributed by atoms with Gasteiger partial charge in [0.2, 0.25) is 5.91 Å². The number of phenols is 1. The van der Waals surface area contributed by atoms with Crippen LogP contribution in [0.25, 0.3) is 11.1 Å². The van der Waals surface area contributed by atoms with E-state index in [1.807, 2.05) is 26.0 Å². The molecule has 1 aromatic heterocycles. The molecular formula is C28H30N4O6. The number of likely N-dealkylation sites (N-methyl/N-ethyl adjacent to an activating group) is 1. The molecule has 2 unspecified atom stereocenters. The van der Waals surface area contributed by atoms with E-state index in [1.54, 1.807) is 20.2 Å². The van der Waals surface area contributed by atoms with Crippen molar-refractivity contribution in [3.05, 3.63) is 46.8 Å². The summed E-state index contributed by atoms with van der Waals surface area (Å²) in [5.41, 5.74) is 6.16. The molecule has 5 rings (SSSR count). The number of aromatic nitrogens is 1. The third-order valence-electron chi connectivity index (χ3n) is 8.40. The van der Waals surface area contributed by atoms with E-state index in [2.05, 4.69) is 4.98 Å². The Labute approximate surface area is 219 Å². The number of amides is 1. The smallest absolute Gasteiger partial charge is 0.235 e. The molecule has 10 nitrogen and oxygen atoms in total. The molecule has 0 bridgehead atoms. The maximum absolute atomic E-state index is 13.9. The number of hydrogen-bond donors (Lipinski definition) is 4. The van der Waals surface area contributed by atoms with Gasteiger partial charge in [-0.15, -0.1) is 0 Å². The average Bonchev–Trinajstić information content (AvgIpc) is 2.80. The minimum Gasteiger partial charge on any atom is -0.507 e. The molecule has 2 saturated carbocycles. The van der Waals surface area contributed by atoms with Gasteiger partial charge in [-0.3, -0.25) is 29.1 Å². The molecule has 0 radical (unpaired) electrons. The van der Waals surface area contributed by atoms with Crippen LogP contribution in [0.15, 0.2) is 24.3 Å². The zero-order valence-electron chi connectivity index (χ0n) is 21.6. The van der Waals surface area contributed by atoms with E-state index in [9.17, 15) is 29.4 Å². The molecule has 38 heavy (non-hydrogen) atoms. The summed E-state index contributed by atoms with van der Waals surface area (Å²) in [6.45, 7) is 3.73. The van der Waals surface area contributed by atoms with Gasteiger partial charge in [-0.05, 0) is 81.6 Å². The topological polar surface area (TPSA) is 175 Å². The Balaban J connectivity index is 1.67. The molecule has 198 valence electrons. The first-order chi connectivity index (χ1) is 17.8. The lowest BCUT2D eigenvalue weighted by molar-refractivity contribution is -0.163. The van der Waals surface area contributed by atoms with E-state index < -0.39 is 64.3 Å². The third kappa shape index (κ3) is 3.47. The van der Waals surface area contributed by atoms with Gasteiger partial charge < -0.3 is 21.4 Å². The average molecular weight is 519 g/mol. The van der Waals surface area contributed by atoms with Crippen LogP contribution in [0.1, 0.15) is 33.7 Å². The van der Waals surface area contributed by atoms with E-state index in [4.69, 9.17) is 11.1 Å². The number of benzene rings is 1. The lowest BCUT2D eigenvalue weighted by atomic mass is 9.52. The minimum absolute atomic E-state index is 0.0533. The number of primary amides is 1. The van der Waals surface area contributed by atoms with Crippen molar-refractivity contribution in [3.63, 3.8) is 0 Å². The van der Waals surface area contributed by atoms with Gasteiger partial charge in [0.15, 0.2) is 28.9 Å². The molecule has 3 aliphatic rings. The van der Waals surface area contributed by atoms with Crippen molar-refractivity contribution < 1.29 is 29.4 Å². The molecule has 0 spiro atoms. The number of ketones is 3. The molecule has 0 aliphatic heterocycles. The van der Waals surface area contributed by atoms with Crippen molar-refractivity contribution >= 4 is 29.0 Å². The van der Waals surface area contributed by atoms with Crippen molar-refractivity contribution in [1.82, 2.24) is 9.88 Å². The van der Waals surface area contributed by atoms with Crippen LogP contribution in [0.2, 0.25) is 0 Å². The number of aromatic hydroxyl groups is 1. The Bertz CT molecular complexity index is 1430. The fourth-order valence-corrected chi connectivity index (χ4v) is 6.93. The number of hydrogen-bond acceptors (Lipinski definition) is 9. The van der Waals surface area contributed by atoms with E-state index in [0.717, 1.165) is 22.5 Å². The fraction of sp³-hybridized carbons (Fsp3) is 0.429. The van der Waals surface area contributed by atoms with E-state index >= 15 is 0 Å². The van der Waals surface area contributed by atoms with Gasteiger partial charge in [0, 0.05) is 17.3 Å². The highest BCUT2D eigenvalue weighted by atomic mass is 16.3. The van der Waals surface area contributed by atoms with Crippen LogP contribution in [0.5, 0.6) is 5.75 Å². The number of pyridine rings is 1. The highest BCUT2D eigenvalue weighted by Crippen LogP contribution is 2.51. The predicted octanol–water partition coefficient (Wildman–Crippen LogP) is 0.997. The first-order valence-corrected chi connectivity index (χ1v) is 12.5. The molecule has 0 saturated heterocycles. The highest BCUT2D eigenvalue weighted by Gasteiger charge is 2.67. The number of fused-ring (bicyclic) bond motifs is 3. The molecular weight excluding hydrogens is 488 g/mol. The second-order valence-electron chi connectivity index (χ2n) is 11.0. The lowest BCUT2D eigenvalue weighted by Crippen LogP contribution is -2.73.